The highest BCUT2D eigenvalue weighted by molar-refractivity contribution is 5.90. The molecule has 0 heterocycles. The molecule has 0 radical (unpaired) electrons. The number of likely N-dealkylation sites (N-methyl/N-ethyl adjacent to an activating group) is 1. The van der Waals surface area contributed by atoms with Gasteiger partial charge in [-0.3, -0.25) is 0 Å². The summed E-state index contributed by atoms with van der Waals surface area (Å²) in [4.78, 5) is 12.8. The van der Waals surface area contributed by atoms with Crippen LogP contribution in [-0.4, -0.2) is 38.6 Å². The van der Waals surface area contributed by atoms with Crippen molar-refractivity contribution < 1.29 is 9.53 Å². The smallest absolute Gasteiger partial charge is 0.130 e. The van der Waals surface area contributed by atoms with Crippen molar-refractivity contribution in [2.24, 2.45) is 0 Å². The van der Waals surface area contributed by atoms with Crippen LogP contribution in [0, 0.1) is 0 Å². The molecule has 3 nitrogen and oxygen atoms in total. The van der Waals surface area contributed by atoms with Crippen LogP contribution in [0.2, 0.25) is 0 Å². The summed E-state index contributed by atoms with van der Waals surface area (Å²) in [6.45, 7) is 0.559. The van der Waals surface area contributed by atoms with Crippen LogP contribution in [-0.2, 0) is 4.79 Å². The van der Waals surface area contributed by atoms with Gasteiger partial charge in [-0.1, -0.05) is 18.2 Å². The topological polar surface area (TPSA) is 29.5 Å². The van der Waals surface area contributed by atoms with E-state index in [1.165, 1.54) is 0 Å². The van der Waals surface area contributed by atoms with Crippen molar-refractivity contribution in [3.63, 3.8) is 0 Å². The van der Waals surface area contributed by atoms with Gasteiger partial charge in [0.05, 0.1) is 12.7 Å². The number of para-hydroxylation sites is 1. The molecule has 1 aromatic rings. The monoisotopic (exact) mass is 205 g/mol. The summed E-state index contributed by atoms with van der Waals surface area (Å²) in [5.74, 6) is 2.68. The van der Waals surface area contributed by atoms with Gasteiger partial charge in [0.1, 0.15) is 11.7 Å². The molecule has 80 valence electrons. The van der Waals surface area contributed by atoms with Crippen molar-refractivity contribution in [3.8, 4) is 5.75 Å². The normalized spacial score (nSPS) is 9.87. The zero-order chi connectivity index (χ0) is 11.3. The third-order valence-corrected chi connectivity index (χ3v) is 2.03. The van der Waals surface area contributed by atoms with E-state index in [-0.39, 0.29) is 0 Å². The van der Waals surface area contributed by atoms with Gasteiger partial charge in [0.2, 0.25) is 0 Å². The Balaban J connectivity index is 3.07. The molecule has 1 rings (SSSR count). The number of hydrogen-bond acceptors (Lipinski definition) is 3. The second-order valence-corrected chi connectivity index (χ2v) is 3.52. The number of nitrogens with zero attached hydrogens (tertiary/aromatic N) is 1. The number of methoxy groups -OCH3 is 1. The maximum Gasteiger partial charge on any atom is 0.130 e. The van der Waals surface area contributed by atoms with Gasteiger partial charge in [-0.15, -0.1) is 0 Å². The molecular formula is C12H15NO2. The Labute approximate surface area is 90.0 Å². The number of hydrogen-bond donors (Lipinski definition) is 0. The predicted octanol–water partition coefficient (Wildman–Crippen LogP) is 1.47. The van der Waals surface area contributed by atoms with E-state index >= 15 is 0 Å². The lowest BCUT2D eigenvalue weighted by atomic mass is 10.1. The first-order valence-corrected chi connectivity index (χ1v) is 4.71. The van der Waals surface area contributed by atoms with Crippen molar-refractivity contribution >= 4 is 11.5 Å². The first-order valence-electron chi connectivity index (χ1n) is 4.71. The Morgan fingerprint density at radius 3 is 2.60 bits per heavy atom. The van der Waals surface area contributed by atoms with Gasteiger partial charge in [-0.05, 0) is 20.2 Å². The second kappa shape index (κ2) is 5.35. The molecule has 0 amide bonds. The van der Waals surface area contributed by atoms with Crippen molar-refractivity contribution in [3.05, 3.63) is 29.8 Å². The molecule has 0 aromatic heterocycles. The van der Waals surface area contributed by atoms with E-state index < -0.39 is 0 Å². The standard InChI is InChI=1S/C12H15NO2/c1-13(2)8-10(9-14)11-6-4-5-7-12(11)15-3/h4-7H,8H2,1-3H3. The molecule has 0 fully saturated rings. The first-order chi connectivity index (χ1) is 7.19. The molecule has 0 N–H and O–H groups in total. The van der Waals surface area contributed by atoms with E-state index in [1.54, 1.807) is 7.11 Å². The Bertz CT molecular complexity index is 379. The van der Waals surface area contributed by atoms with Crippen LogP contribution < -0.4 is 4.74 Å². The van der Waals surface area contributed by atoms with E-state index in [0.29, 0.717) is 17.9 Å². The minimum absolute atomic E-state index is 0.559. The van der Waals surface area contributed by atoms with Gasteiger partial charge >= 0.3 is 0 Å². The molecule has 0 saturated heterocycles. The Hall–Kier alpha value is -1.57. The molecule has 0 bridgehead atoms. The maximum absolute atomic E-state index is 10.9. The fraction of sp³-hybridized carbons (Fsp3) is 0.333. The number of carbonyl (C=O) groups excluding carboxylic acids is 1. The van der Waals surface area contributed by atoms with Crippen LogP contribution in [0.25, 0.3) is 5.57 Å². The molecule has 0 aliphatic heterocycles. The fourth-order valence-electron chi connectivity index (χ4n) is 1.38. The first kappa shape index (κ1) is 11.5. The molecule has 0 unspecified atom stereocenters. The Morgan fingerprint density at radius 2 is 2.07 bits per heavy atom. The zero-order valence-electron chi connectivity index (χ0n) is 9.28. The van der Waals surface area contributed by atoms with Crippen molar-refractivity contribution in [2.75, 3.05) is 27.7 Å². The van der Waals surface area contributed by atoms with E-state index in [4.69, 9.17) is 4.74 Å². The summed E-state index contributed by atoms with van der Waals surface area (Å²) in [6, 6.07) is 7.45. The summed E-state index contributed by atoms with van der Waals surface area (Å²) in [6.07, 6.45) is 0. The molecule has 15 heavy (non-hydrogen) atoms. The third kappa shape index (κ3) is 2.94. The van der Waals surface area contributed by atoms with Crippen molar-refractivity contribution in [1.82, 2.24) is 4.90 Å². The molecule has 0 saturated carbocycles. The highest BCUT2D eigenvalue weighted by atomic mass is 16.5. The summed E-state index contributed by atoms with van der Waals surface area (Å²) in [5, 5.41) is 0. The van der Waals surface area contributed by atoms with Crippen LogP contribution in [0.4, 0.5) is 0 Å². The number of ether oxygens (including phenoxy) is 1. The number of benzene rings is 1. The highest BCUT2D eigenvalue weighted by Gasteiger charge is 2.09. The Kier molecular flexibility index (Phi) is 4.10. The molecule has 0 atom stereocenters. The van der Waals surface area contributed by atoms with Crippen molar-refractivity contribution in [2.45, 2.75) is 0 Å². The summed E-state index contributed by atoms with van der Waals surface area (Å²) in [5.41, 5.74) is 1.42. The van der Waals surface area contributed by atoms with Crippen LogP contribution in [0.3, 0.4) is 0 Å². The molecule has 0 aliphatic rings. The lowest BCUT2D eigenvalue weighted by molar-refractivity contribution is 0.412. The predicted molar refractivity (Wildman–Crippen MR) is 60.6 cm³/mol. The molecule has 0 aliphatic carbocycles. The van der Waals surface area contributed by atoms with E-state index in [0.717, 1.165) is 5.56 Å². The second-order valence-electron chi connectivity index (χ2n) is 3.52. The zero-order valence-corrected chi connectivity index (χ0v) is 9.28. The quantitative estimate of drug-likeness (QED) is 0.697. The summed E-state index contributed by atoms with van der Waals surface area (Å²) < 4.78 is 5.19. The molecular weight excluding hydrogens is 190 g/mol. The molecule has 1 aromatic carbocycles. The lowest BCUT2D eigenvalue weighted by Gasteiger charge is -2.13. The molecule has 3 heteroatoms. The summed E-state index contributed by atoms with van der Waals surface area (Å²) in [7, 11) is 5.41. The van der Waals surface area contributed by atoms with Gasteiger partial charge in [-0.2, -0.15) is 0 Å². The van der Waals surface area contributed by atoms with Crippen LogP contribution >= 0.6 is 0 Å². The summed E-state index contributed by atoms with van der Waals surface area (Å²) >= 11 is 0. The van der Waals surface area contributed by atoms with Crippen LogP contribution in [0.15, 0.2) is 24.3 Å². The fourth-order valence-corrected chi connectivity index (χ4v) is 1.38. The van der Waals surface area contributed by atoms with Crippen molar-refractivity contribution in [1.29, 1.82) is 0 Å². The minimum atomic E-state index is 0.559. The minimum Gasteiger partial charge on any atom is -0.496 e. The van der Waals surface area contributed by atoms with E-state index in [1.807, 2.05) is 49.2 Å². The Morgan fingerprint density at radius 1 is 1.40 bits per heavy atom. The maximum atomic E-state index is 10.9. The number of rotatable bonds is 4. The van der Waals surface area contributed by atoms with Gasteiger partial charge < -0.3 is 9.64 Å². The van der Waals surface area contributed by atoms with E-state index in [2.05, 4.69) is 0 Å². The van der Waals surface area contributed by atoms with Gasteiger partial charge in [0.25, 0.3) is 0 Å². The average molecular weight is 205 g/mol. The lowest BCUT2D eigenvalue weighted by Crippen LogP contribution is -2.15. The SMILES string of the molecule is COc1ccccc1C(=C=O)CN(C)C. The van der Waals surface area contributed by atoms with Gasteiger partial charge in [-0.25, -0.2) is 4.79 Å². The average Bonchev–Trinajstić information content (AvgIpc) is 2.25. The van der Waals surface area contributed by atoms with Gasteiger partial charge in [0.15, 0.2) is 0 Å². The molecule has 0 spiro atoms. The largest absolute Gasteiger partial charge is 0.496 e. The van der Waals surface area contributed by atoms with Gasteiger partial charge in [0, 0.05) is 12.1 Å². The highest BCUT2D eigenvalue weighted by Crippen LogP contribution is 2.24. The van der Waals surface area contributed by atoms with E-state index in [9.17, 15) is 4.79 Å². The van der Waals surface area contributed by atoms with Crippen LogP contribution in [0.1, 0.15) is 5.56 Å². The third-order valence-electron chi connectivity index (χ3n) is 2.03. The van der Waals surface area contributed by atoms with Crippen LogP contribution in [0.5, 0.6) is 5.75 Å².